The molecule has 0 aromatic carbocycles. The number of pyridine rings is 1. The largest absolute Gasteiger partial charge is 0.339 e. The van der Waals surface area contributed by atoms with Crippen LogP contribution in [-0.4, -0.2) is 72.7 Å². The number of amides is 2. The van der Waals surface area contributed by atoms with E-state index in [4.69, 9.17) is 0 Å². The molecular weight excluding hydrogens is 354 g/mol. The highest BCUT2D eigenvalue weighted by atomic mass is 32.2. The van der Waals surface area contributed by atoms with Crippen LogP contribution in [0.1, 0.15) is 47.0 Å². The van der Waals surface area contributed by atoms with Gasteiger partial charge in [0.1, 0.15) is 5.69 Å². The predicted octanol–water partition coefficient (Wildman–Crippen LogP) is 1.21. The van der Waals surface area contributed by atoms with E-state index < -0.39 is 9.84 Å². The third-order valence-corrected chi connectivity index (χ3v) is 7.12. The van der Waals surface area contributed by atoms with Gasteiger partial charge in [0.25, 0.3) is 11.8 Å². The van der Waals surface area contributed by atoms with Gasteiger partial charge in [-0.2, -0.15) is 0 Å². The third-order valence-electron chi connectivity index (χ3n) is 5.37. The fourth-order valence-corrected chi connectivity index (χ4v) is 5.28. The highest BCUT2D eigenvalue weighted by molar-refractivity contribution is 7.91. The van der Waals surface area contributed by atoms with Crippen molar-refractivity contribution in [3.63, 3.8) is 0 Å². The Kier molecular flexibility index (Phi) is 5.32. The fraction of sp³-hybridized carbons (Fsp3) is 0.611. The summed E-state index contributed by atoms with van der Waals surface area (Å²) < 4.78 is 23.3. The Labute approximate surface area is 154 Å². The van der Waals surface area contributed by atoms with E-state index in [-0.39, 0.29) is 35.1 Å². The molecule has 7 nitrogen and oxygen atoms in total. The summed E-state index contributed by atoms with van der Waals surface area (Å²) in [5, 5.41) is 0. The molecule has 3 rings (SSSR count). The molecule has 0 radical (unpaired) electrons. The molecule has 0 saturated carbocycles. The van der Waals surface area contributed by atoms with Gasteiger partial charge in [-0.15, -0.1) is 0 Å². The molecule has 0 N–H and O–H groups in total. The summed E-state index contributed by atoms with van der Waals surface area (Å²) in [6.07, 6.45) is 3.88. The number of carbonyl (C=O) groups excluding carboxylic acids is 2. The number of carbonyl (C=O) groups is 2. The van der Waals surface area contributed by atoms with Crippen LogP contribution >= 0.6 is 0 Å². The summed E-state index contributed by atoms with van der Waals surface area (Å²) in [6, 6.07) is 2.80. The van der Waals surface area contributed by atoms with E-state index in [0.29, 0.717) is 17.9 Å². The molecule has 2 aliphatic rings. The summed E-state index contributed by atoms with van der Waals surface area (Å²) in [4.78, 5) is 32.7. The second-order valence-electron chi connectivity index (χ2n) is 7.38. The SMILES string of the molecule is CC1CCN(C(=O)c2ccnc(C(=O)N(C)C3CCS(=O)(=O)C3)c2)CC1. The summed E-state index contributed by atoms with van der Waals surface area (Å²) in [6.45, 7) is 3.64. The predicted molar refractivity (Wildman–Crippen MR) is 97.7 cm³/mol. The molecule has 0 bridgehead atoms. The van der Waals surface area contributed by atoms with Crippen LogP contribution in [0.2, 0.25) is 0 Å². The molecule has 2 aliphatic heterocycles. The Balaban J connectivity index is 1.72. The molecule has 1 aromatic rings. The van der Waals surface area contributed by atoms with Crippen molar-refractivity contribution < 1.29 is 18.0 Å². The van der Waals surface area contributed by atoms with Crippen LogP contribution < -0.4 is 0 Å². The zero-order valence-corrected chi connectivity index (χ0v) is 16.0. The Morgan fingerprint density at radius 2 is 1.92 bits per heavy atom. The summed E-state index contributed by atoms with van der Waals surface area (Å²) in [5.74, 6) is 0.285. The maximum Gasteiger partial charge on any atom is 0.272 e. The van der Waals surface area contributed by atoms with Gasteiger partial charge < -0.3 is 9.80 Å². The summed E-state index contributed by atoms with van der Waals surface area (Å²) in [5.41, 5.74) is 0.623. The minimum Gasteiger partial charge on any atom is -0.339 e. The van der Waals surface area contributed by atoms with Crippen molar-refractivity contribution in [1.82, 2.24) is 14.8 Å². The summed E-state index contributed by atoms with van der Waals surface area (Å²) >= 11 is 0. The van der Waals surface area contributed by atoms with Crippen LogP contribution in [0.4, 0.5) is 0 Å². The number of hydrogen-bond acceptors (Lipinski definition) is 5. The molecule has 0 aliphatic carbocycles. The van der Waals surface area contributed by atoms with E-state index in [1.807, 2.05) is 4.90 Å². The van der Waals surface area contributed by atoms with Gasteiger partial charge in [0.05, 0.1) is 11.5 Å². The molecular formula is C18H25N3O4S. The maximum absolute atomic E-state index is 12.7. The molecule has 3 heterocycles. The van der Waals surface area contributed by atoms with Crippen LogP contribution in [0.3, 0.4) is 0 Å². The van der Waals surface area contributed by atoms with Crippen LogP contribution in [-0.2, 0) is 9.84 Å². The lowest BCUT2D eigenvalue weighted by atomic mass is 9.98. The Morgan fingerprint density at radius 1 is 1.23 bits per heavy atom. The minimum atomic E-state index is -3.07. The third kappa shape index (κ3) is 4.06. The van der Waals surface area contributed by atoms with Gasteiger partial charge >= 0.3 is 0 Å². The van der Waals surface area contributed by atoms with E-state index in [9.17, 15) is 18.0 Å². The van der Waals surface area contributed by atoms with Crippen LogP contribution in [0.25, 0.3) is 0 Å². The van der Waals surface area contributed by atoms with Crippen molar-refractivity contribution in [2.24, 2.45) is 5.92 Å². The van der Waals surface area contributed by atoms with Gasteiger partial charge in [-0.1, -0.05) is 6.92 Å². The van der Waals surface area contributed by atoms with Crippen molar-refractivity contribution in [2.75, 3.05) is 31.6 Å². The van der Waals surface area contributed by atoms with Crippen LogP contribution in [0, 0.1) is 5.92 Å². The second kappa shape index (κ2) is 7.34. The van der Waals surface area contributed by atoms with Crippen molar-refractivity contribution >= 4 is 21.7 Å². The number of aromatic nitrogens is 1. The lowest BCUT2D eigenvalue weighted by Crippen LogP contribution is -2.39. The van der Waals surface area contributed by atoms with Crippen molar-refractivity contribution in [1.29, 1.82) is 0 Å². The van der Waals surface area contributed by atoms with Gasteiger partial charge in [0, 0.05) is 37.9 Å². The Morgan fingerprint density at radius 3 is 2.54 bits per heavy atom. The van der Waals surface area contributed by atoms with E-state index in [0.717, 1.165) is 25.9 Å². The van der Waals surface area contributed by atoms with E-state index in [2.05, 4.69) is 11.9 Å². The summed E-state index contributed by atoms with van der Waals surface area (Å²) in [7, 11) is -1.48. The van der Waals surface area contributed by atoms with Gasteiger partial charge in [-0.05, 0) is 37.3 Å². The Hall–Kier alpha value is -1.96. The average molecular weight is 379 g/mol. The minimum absolute atomic E-state index is 0.0141. The zero-order chi connectivity index (χ0) is 18.9. The van der Waals surface area contributed by atoms with Gasteiger partial charge in [0.15, 0.2) is 9.84 Å². The van der Waals surface area contributed by atoms with Crippen molar-refractivity contribution in [3.8, 4) is 0 Å². The molecule has 1 aromatic heterocycles. The first-order valence-corrected chi connectivity index (χ1v) is 10.8. The first-order chi connectivity index (χ1) is 12.3. The van der Waals surface area contributed by atoms with Crippen LogP contribution in [0.5, 0.6) is 0 Å². The molecule has 8 heteroatoms. The molecule has 1 atom stereocenters. The van der Waals surface area contributed by atoms with E-state index >= 15 is 0 Å². The monoisotopic (exact) mass is 379 g/mol. The van der Waals surface area contributed by atoms with Gasteiger partial charge in [0.2, 0.25) is 0 Å². The molecule has 2 fully saturated rings. The highest BCUT2D eigenvalue weighted by Gasteiger charge is 2.33. The topological polar surface area (TPSA) is 87.7 Å². The number of hydrogen-bond donors (Lipinski definition) is 0. The number of likely N-dealkylation sites (tertiary alicyclic amines) is 1. The smallest absolute Gasteiger partial charge is 0.272 e. The van der Waals surface area contributed by atoms with E-state index in [1.165, 1.54) is 17.2 Å². The second-order valence-corrected chi connectivity index (χ2v) is 9.61. The van der Waals surface area contributed by atoms with Crippen LogP contribution in [0.15, 0.2) is 18.3 Å². The molecule has 2 saturated heterocycles. The molecule has 142 valence electrons. The number of sulfone groups is 1. The number of rotatable bonds is 3. The highest BCUT2D eigenvalue weighted by Crippen LogP contribution is 2.20. The number of nitrogens with zero attached hydrogens (tertiary/aromatic N) is 3. The lowest BCUT2D eigenvalue weighted by Gasteiger charge is -2.30. The normalized spacial score (nSPS) is 23.0. The fourth-order valence-electron chi connectivity index (χ4n) is 3.50. The molecule has 1 unspecified atom stereocenters. The standard InChI is InChI=1S/C18H25N3O4S/c1-13-4-8-21(9-5-13)17(22)14-3-7-19-16(11-14)18(23)20(2)15-6-10-26(24,25)12-15/h3,7,11,13,15H,4-6,8-10,12H2,1-2H3. The average Bonchev–Trinajstić information content (AvgIpc) is 3.00. The Bertz CT molecular complexity index is 800. The first-order valence-electron chi connectivity index (χ1n) is 9.00. The quantitative estimate of drug-likeness (QED) is 0.788. The van der Waals surface area contributed by atoms with Gasteiger partial charge in [-0.25, -0.2) is 8.42 Å². The molecule has 0 spiro atoms. The van der Waals surface area contributed by atoms with Crippen molar-refractivity contribution in [3.05, 3.63) is 29.6 Å². The zero-order valence-electron chi connectivity index (χ0n) is 15.2. The number of piperidine rings is 1. The first kappa shape index (κ1) is 18.8. The van der Waals surface area contributed by atoms with E-state index in [1.54, 1.807) is 13.1 Å². The maximum atomic E-state index is 12.7. The molecule has 26 heavy (non-hydrogen) atoms. The molecule has 2 amide bonds. The lowest BCUT2D eigenvalue weighted by molar-refractivity contribution is 0.0697. The van der Waals surface area contributed by atoms with Crippen molar-refractivity contribution in [2.45, 2.75) is 32.2 Å². The van der Waals surface area contributed by atoms with Gasteiger partial charge in [-0.3, -0.25) is 14.6 Å².